The average molecular weight is 261 g/mol. The second kappa shape index (κ2) is 5.15. The van der Waals surface area contributed by atoms with Crippen molar-refractivity contribution >= 4 is 29.0 Å². The van der Waals surface area contributed by atoms with E-state index < -0.39 is 0 Å². The summed E-state index contributed by atoms with van der Waals surface area (Å²) in [5, 5.41) is 10.9. The second-order valence-corrected chi connectivity index (χ2v) is 4.97. The largest absolute Gasteiger partial charge is 0.367 e. The van der Waals surface area contributed by atoms with Gasteiger partial charge in [-0.3, -0.25) is 0 Å². The maximum Gasteiger partial charge on any atom is 0.245 e. The second-order valence-electron chi connectivity index (χ2n) is 4.27. The lowest BCUT2D eigenvalue weighted by Gasteiger charge is -2.16. The molecule has 0 aliphatic heterocycles. The van der Waals surface area contributed by atoms with Crippen molar-refractivity contribution in [1.29, 1.82) is 0 Å². The fourth-order valence-corrected chi connectivity index (χ4v) is 2.43. The molecule has 1 fully saturated rings. The molecule has 0 aromatic carbocycles. The molecule has 1 saturated carbocycles. The van der Waals surface area contributed by atoms with Gasteiger partial charge in [0.1, 0.15) is 0 Å². The zero-order valence-corrected chi connectivity index (χ0v) is 10.6. The van der Waals surface area contributed by atoms with Crippen LogP contribution in [0.3, 0.4) is 0 Å². The normalized spacial score (nSPS) is 24.7. The molecule has 0 bridgehead atoms. The van der Waals surface area contributed by atoms with Crippen molar-refractivity contribution in [2.75, 3.05) is 11.9 Å². The van der Waals surface area contributed by atoms with Gasteiger partial charge in [-0.05, 0) is 29.9 Å². The van der Waals surface area contributed by atoms with Crippen molar-refractivity contribution in [1.82, 2.24) is 15.2 Å². The van der Waals surface area contributed by atoms with Crippen LogP contribution in [0.25, 0.3) is 0 Å². The van der Waals surface area contributed by atoms with Gasteiger partial charge in [0.25, 0.3) is 0 Å². The van der Waals surface area contributed by atoms with Crippen LogP contribution in [0, 0.1) is 11.8 Å². The Kier molecular flexibility index (Phi) is 3.82. The van der Waals surface area contributed by atoms with Crippen molar-refractivity contribution < 1.29 is 0 Å². The molecule has 2 unspecified atom stereocenters. The van der Waals surface area contributed by atoms with E-state index in [9.17, 15) is 0 Å². The Hall–Kier alpha value is -0.610. The lowest BCUT2D eigenvalue weighted by atomic mass is 9.98. The van der Waals surface area contributed by atoms with Crippen molar-refractivity contribution in [2.45, 2.75) is 26.2 Å². The van der Waals surface area contributed by atoms with Crippen LogP contribution >= 0.6 is 23.2 Å². The summed E-state index contributed by atoms with van der Waals surface area (Å²) in [6.45, 7) is 3.15. The molecule has 1 aromatic rings. The number of hydrogen-bond acceptors (Lipinski definition) is 4. The fourth-order valence-electron chi connectivity index (χ4n) is 2.16. The summed E-state index contributed by atoms with van der Waals surface area (Å²) in [4.78, 5) is 4.01. The summed E-state index contributed by atoms with van der Waals surface area (Å²) in [5.74, 6) is 1.97. The molecule has 0 spiro atoms. The molecule has 0 amide bonds. The molecule has 0 radical (unpaired) electrons. The van der Waals surface area contributed by atoms with Crippen LogP contribution in [-0.2, 0) is 0 Å². The van der Waals surface area contributed by atoms with Gasteiger partial charge in [0.05, 0.1) is 0 Å². The predicted octanol–water partition coefficient (Wildman–Crippen LogP) is 3.03. The van der Waals surface area contributed by atoms with Crippen LogP contribution in [0.15, 0.2) is 0 Å². The van der Waals surface area contributed by atoms with Gasteiger partial charge in [-0.1, -0.05) is 31.4 Å². The van der Waals surface area contributed by atoms with E-state index in [0.29, 0.717) is 11.7 Å². The van der Waals surface area contributed by atoms with Crippen molar-refractivity contribution in [3.05, 3.63) is 10.4 Å². The number of anilines is 1. The van der Waals surface area contributed by atoms with Gasteiger partial charge >= 0.3 is 0 Å². The van der Waals surface area contributed by atoms with Crippen LogP contribution in [0.2, 0.25) is 10.4 Å². The molecule has 1 heterocycles. The zero-order valence-electron chi connectivity index (χ0n) is 9.08. The highest BCUT2D eigenvalue weighted by Crippen LogP contribution is 2.31. The summed E-state index contributed by atoms with van der Waals surface area (Å²) in [6.07, 6.45) is 3.88. The Bertz CT molecular complexity index is 372. The Morgan fingerprint density at radius 3 is 2.81 bits per heavy atom. The Morgan fingerprint density at radius 1 is 1.31 bits per heavy atom. The van der Waals surface area contributed by atoms with Gasteiger partial charge in [-0.2, -0.15) is 4.98 Å². The molecular weight excluding hydrogens is 247 g/mol. The quantitative estimate of drug-likeness (QED) is 0.908. The zero-order chi connectivity index (χ0) is 11.5. The Morgan fingerprint density at radius 2 is 2.12 bits per heavy atom. The lowest BCUT2D eigenvalue weighted by molar-refractivity contribution is 0.439. The molecule has 1 aromatic heterocycles. The van der Waals surface area contributed by atoms with E-state index in [0.717, 1.165) is 12.5 Å². The van der Waals surface area contributed by atoms with Crippen molar-refractivity contribution in [3.8, 4) is 0 Å². The molecule has 1 aliphatic carbocycles. The Balaban J connectivity index is 1.96. The monoisotopic (exact) mass is 260 g/mol. The third kappa shape index (κ3) is 2.74. The predicted molar refractivity (Wildman–Crippen MR) is 64.8 cm³/mol. The third-order valence-corrected chi connectivity index (χ3v) is 3.61. The van der Waals surface area contributed by atoms with E-state index in [2.05, 4.69) is 27.4 Å². The number of nitrogens with zero attached hydrogens (tertiary/aromatic N) is 3. The van der Waals surface area contributed by atoms with Crippen LogP contribution in [0.5, 0.6) is 0 Å². The van der Waals surface area contributed by atoms with Gasteiger partial charge in [0.15, 0.2) is 11.0 Å². The van der Waals surface area contributed by atoms with E-state index >= 15 is 0 Å². The number of hydrogen-bond donors (Lipinski definition) is 1. The first kappa shape index (κ1) is 11.9. The van der Waals surface area contributed by atoms with Gasteiger partial charge in [0.2, 0.25) is 5.28 Å². The number of aromatic nitrogens is 3. The summed E-state index contributed by atoms with van der Waals surface area (Å²) in [5.41, 5.74) is 0. The first-order valence-corrected chi connectivity index (χ1v) is 6.22. The molecule has 1 N–H and O–H groups in total. The average Bonchev–Trinajstić information content (AvgIpc) is 2.66. The van der Waals surface area contributed by atoms with E-state index in [-0.39, 0.29) is 10.4 Å². The molecular formula is C10H14Cl2N4. The maximum atomic E-state index is 5.86. The number of nitrogens with one attached hydrogen (secondary N) is 1. The van der Waals surface area contributed by atoms with E-state index in [1.165, 1.54) is 19.3 Å². The molecule has 1 aliphatic rings. The third-order valence-electron chi connectivity index (χ3n) is 3.19. The van der Waals surface area contributed by atoms with E-state index in [1.54, 1.807) is 0 Å². The number of halogens is 2. The first-order chi connectivity index (χ1) is 7.66. The lowest BCUT2D eigenvalue weighted by Crippen LogP contribution is -2.17. The van der Waals surface area contributed by atoms with Crippen molar-refractivity contribution in [2.24, 2.45) is 11.8 Å². The standard InChI is InChI=1S/C10H14Cl2N4/c1-6-3-2-4-7(6)5-13-9-8(11)15-16-10(12)14-9/h6-7H,2-5H2,1H3,(H,13,14,16). The van der Waals surface area contributed by atoms with Gasteiger partial charge in [-0.15, -0.1) is 10.2 Å². The highest BCUT2D eigenvalue weighted by Gasteiger charge is 2.23. The first-order valence-electron chi connectivity index (χ1n) is 5.46. The van der Waals surface area contributed by atoms with E-state index in [4.69, 9.17) is 23.2 Å². The Labute approximate surface area is 105 Å². The molecule has 2 rings (SSSR count). The van der Waals surface area contributed by atoms with Crippen LogP contribution < -0.4 is 5.32 Å². The SMILES string of the molecule is CC1CCCC1CNc1nc(Cl)nnc1Cl. The number of rotatable bonds is 3. The summed E-state index contributed by atoms with van der Waals surface area (Å²) < 4.78 is 0. The molecule has 6 heteroatoms. The summed E-state index contributed by atoms with van der Waals surface area (Å²) in [7, 11) is 0. The molecule has 16 heavy (non-hydrogen) atoms. The molecule has 4 nitrogen and oxygen atoms in total. The fraction of sp³-hybridized carbons (Fsp3) is 0.700. The minimum atomic E-state index is 0.117. The summed E-state index contributed by atoms with van der Waals surface area (Å²) in [6, 6.07) is 0. The molecule has 0 saturated heterocycles. The topological polar surface area (TPSA) is 50.7 Å². The van der Waals surface area contributed by atoms with E-state index in [1.807, 2.05) is 0 Å². The highest BCUT2D eigenvalue weighted by atomic mass is 35.5. The minimum absolute atomic E-state index is 0.117. The molecule has 88 valence electrons. The van der Waals surface area contributed by atoms with Gasteiger partial charge in [-0.25, -0.2) is 0 Å². The molecule has 2 atom stereocenters. The smallest absolute Gasteiger partial charge is 0.245 e. The van der Waals surface area contributed by atoms with Crippen molar-refractivity contribution in [3.63, 3.8) is 0 Å². The van der Waals surface area contributed by atoms with Gasteiger partial charge in [0, 0.05) is 6.54 Å². The van der Waals surface area contributed by atoms with Crippen LogP contribution in [0.1, 0.15) is 26.2 Å². The maximum absolute atomic E-state index is 5.86. The minimum Gasteiger partial charge on any atom is -0.367 e. The van der Waals surface area contributed by atoms with Crippen LogP contribution in [0.4, 0.5) is 5.82 Å². The highest BCUT2D eigenvalue weighted by molar-refractivity contribution is 6.32. The van der Waals surface area contributed by atoms with Crippen LogP contribution in [-0.4, -0.2) is 21.7 Å². The summed E-state index contributed by atoms with van der Waals surface area (Å²) >= 11 is 11.5. The van der Waals surface area contributed by atoms with Gasteiger partial charge < -0.3 is 5.32 Å².